The molecule has 31 heavy (non-hydrogen) atoms. The lowest BCUT2D eigenvalue weighted by atomic mass is 10.3. The molecule has 0 radical (unpaired) electrons. The molecule has 1 fully saturated rings. The molecule has 3 aromatic rings. The quantitative estimate of drug-likeness (QED) is 0.368. The van der Waals surface area contributed by atoms with Crippen molar-refractivity contribution in [3.8, 4) is 5.75 Å². The smallest absolute Gasteiger partial charge is 0.339 e. The van der Waals surface area contributed by atoms with Crippen LogP contribution in [0, 0.1) is 5.92 Å². The maximum atomic E-state index is 12.6. The van der Waals surface area contributed by atoms with E-state index < -0.39 is 16.1 Å². The Balaban J connectivity index is 1.44. The van der Waals surface area contributed by atoms with Gasteiger partial charge in [0.1, 0.15) is 10.6 Å². The van der Waals surface area contributed by atoms with E-state index in [1.807, 2.05) is 0 Å². The number of fused-ring (bicyclic) bond motifs is 1. The van der Waals surface area contributed by atoms with Gasteiger partial charge in [-0.1, -0.05) is 0 Å². The number of aromatic amines is 1. The molecule has 0 saturated heterocycles. The topological polar surface area (TPSA) is 150 Å². The number of carboxylic acid groups (broad SMARTS) is 1. The molecule has 11 heteroatoms. The highest BCUT2D eigenvalue weighted by atomic mass is 32.2. The third kappa shape index (κ3) is 5.12. The maximum absolute atomic E-state index is 12.6. The lowest BCUT2D eigenvalue weighted by Gasteiger charge is -2.09. The van der Waals surface area contributed by atoms with E-state index in [0.29, 0.717) is 22.7 Å². The van der Waals surface area contributed by atoms with Crippen LogP contribution in [0.3, 0.4) is 0 Å². The zero-order valence-corrected chi connectivity index (χ0v) is 17.1. The molecular formula is C20H20N4O6S. The molecule has 162 valence electrons. The van der Waals surface area contributed by atoms with Crippen molar-refractivity contribution in [3.05, 3.63) is 42.5 Å². The predicted molar refractivity (Wildman–Crippen MR) is 112 cm³/mol. The number of H-pyrrole nitrogens is 1. The number of benzene rings is 2. The Morgan fingerprint density at radius 2 is 1.90 bits per heavy atom. The third-order valence-electron chi connectivity index (χ3n) is 4.66. The van der Waals surface area contributed by atoms with Gasteiger partial charge in [0.05, 0.1) is 17.5 Å². The second-order valence-corrected chi connectivity index (χ2v) is 8.71. The molecule has 1 aliphatic rings. The first kappa shape index (κ1) is 20.7. The van der Waals surface area contributed by atoms with Crippen LogP contribution in [0.1, 0.15) is 19.3 Å². The lowest BCUT2D eigenvalue weighted by molar-refractivity contribution is -0.136. The van der Waals surface area contributed by atoms with E-state index in [1.165, 1.54) is 36.4 Å². The fourth-order valence-corrected chi connectivity index (χ4v) is 3.81. The molecule has 0 aliphatic heterocycles. The molecular weight excluding hydrogens is 424 g/mol. The van der Waals surface area contributed by atoms with E-state index in [-0.39, 0.29) is 35.4 Å². The van der Waals surface area contributed by atoms with Crippen molar-refractivity contribution in [2.45, 2.75) is 24.2 Å². The summed E-state index contributed by atoms with van der Waals surface area (Å²) in [6, 6.07) is 10.4. The Labute approximate surface area is 177 Å². The summed E-state index contributed by atoms with van der Waals surface area (Å²) in [5.74, 6) is -0.570. The van der Waals surface area contributed by atoms with Gasteiger partial charge < -0.3 is 19.6 Å². The molecule has 4 N–H and O–H groups in total. The summed E-state index contributed by atoms with van der Waals surface area (Å²) in [6.07, 6.45) is 1.70. The number of aliphatic carboxylic acids is 1. The molecule has 1 heterocycles. The van der Waals surface area contributed by atoms with Crippen LogP contribution in [0.5, 0.6) is 5.75 Å². The first-order chi connectivity index (χ1) is 14.8. The summed E-state index contributed by atoms with van der Waals surface area (Å²) >= 11 is 0. The molecule has 10 nitrogen and oxygen atoms in total. The Kier molecular flexibility index (Phi) is 5.51. The number of imidazole rings is 1. The van der Waals surface area contributed by atoms with E-state index in [4.69, 9.17) is 9.29 Å². The summed E-state index contributed by atoms with van der Waals surface area (Å²) in [5, 5.41) is 14.3. The number of rotatable bonds is 9. The van der Waals surface area contributed by atoms with Gasteiger partial charge in [-0.15, -0.1) is 0 Å². The van der Waals surface area contributed by atoms with Crippen LogP contribution in [0.2, 0.25) is 0 Å². The van der Waals surface area contributed by atoms with Crippen LogP contribution in [0.4, 0.5) is 11.6 Å². The normalized spacial score (nSPS) is 13.7. The Morgan fingerprint density at radius 3 is 2.58 bits per heavy atom. The number of aromatic nitrogens is 2. The van der Waals surface area contributed by atoms with Gasteiger partial charge >= 0.3 is 16.1 Å². The number of amides is 1. The Morgan fingerprint density at radius 1 is 1.16 bits per heavy atom. The average molecular weight is 444 g/mol. The molecule has 1 aromatic heterocycles. The summed E-state index contributed by atoms with van der Waals surface area (Å²) in [6.45, 7) is 0.227. The number of nitrogens with one attached hydrogen (secondary N) is 3. The number of carboxylic acids is 1. The van der Waals surface area contributed by atoms with Crippen LogP contribution >= 0.6 is 0 Å². The van der Waals surface area contributed by atoms with Crippen LogP contribution in [0.15, 0.2) is 47.4 Å². The molecule has 0 unspecified atom stereocenters. The minimum Gasteiger partial charge on any atom is -0.481 e. The summed E-state index contributed by atoms with van der Waals surface area (Å²) in [4.78, 5) is 29.6. The largest absolute Gasteiger partial charge is 0.481 e. The van der Waals surface area contributed by atoms with Crippen molar-refractivity contribution in [2.75, 3.05) is 17.2 Å². The highest BCUT2D eigenvalue weighted by molar-refractivity contribution is 7.87. The highest BCUT2D eigenvalue weighted by Gasteiger charge is 2.30. The van der Waals surface area contributed by atoms with Crippen molar-refractivity contribution in [2.24, 2.45) is 5.92 Å². The van der Waals surface area contributed by atoms with Gasteiger partial charge in [-0.2, -0.15) is 8.42 Å². The molecule has 0 spiro atoms. The minimum absolute atomic E-state index is 0.0380. The van der Waals surface area contributed by atoms with Gasteiger partial charge in [0, 0.05) is 24.2 Å². The van der Waals surface area contributed by atoms with Crippen molar-refractivity contribution in [1.82, 2.24) is 9.97 Å². The monoisotopic (exact) mass is 444 g/mol. The van der Waals surface area contributed by atoms with Crippen molar-refractivity contribution in [3.63, 3.8) is 0 Å². The van der Waals surface area contributed by atoms with E-state index >= 15 is 0 Å². The molecule has 1 saturated carbocycles. The number of hydrogen-bond acceptors (Lipinski definition) is 7. The van der Waals surface area contributed by atoms with E-state index in [0.717, 1.165) is 12.8 Å². The number of carbonyl (C=O) groups excluding carboxylic acids is 1. The second kappa shape index (κ2) is 8.26. The van der Waals surface area contributed by atoms with Crippen LogP contribution in [-0.2, 0) is 19.7 Å². The van der Waals surface area contributed by atoms with Gasteiger partial charge in [0.2, 0.25) is 11.9 Å². The maximum Gasteiger partial charge on any atom is 0.339 e. The van der Waals surface area contributed by atoms with Crippen LogP contribution in [-0.4, -0.2) is 41.9 Å². The fraction of sp³-hybridized carbons (Fsp3) is 0.250. The van der Waals surface area contributed by atoms with Gasteiger partial charge in [0.15, 0.2) is 0 Å². The van der Waals surface area contributed by atoms with Gasteiger partial charge in [-0.3, -0.25) is 14.9 Å². The molecule has 2 aromatic carbocycles. The SMILES string of the molecule is O=C(O)CCNc1ccc(S(=O)(=O)Oc2ccc3nc(NC(=O)C4CC4)[nH]c3c2)cc1. The summed E-state index contributed by atoms with van der Waals surface area (Å²) < 4.78 is 30.4. The van der Waals surface area contributed by atoms with E-state index in [9.17, 15) is 18.0 Å². The summed E-state index contributed by atoms with van der Waals surface area (Å²) in [5.41, 5.74) is 1.68. The fourth-order valence-electron chi connectivity index (χ4n) is 2.89. The predicted octanol–water partition coefficient (Wildman–Crippen LogP) is 2.57. The Bertz CT molecular complexity index is 1230. The zero-order valence-electron chi connectivity index (χ0n) is 16.3. The number of anilines is 2. The number of hydrogen-bond donors (Lipinski definition) is 4. The zero-order chi connectivity index (χ0) is 22.0. The summed E-state index contributed by atoms with van der Waals surface area (Å²) in [7, 11) is -4.07. The van der Waals surface area contributed by atoms with E-state index in [1.54, 1.807) is 6.07 Å². The molecule has 0 atom stereocenters. The Hall–Kier alpha value is -3.60. The number of carbonyl (C=O) groups is 2. The van der Waals surface area contributed by atoms with Crippen molar-refractivity contribution in [1.29, 1.82) is 0 Å². The molecule has 1 aliphatic carbocycles. The minimum atomic E-state index is -4.07. The van der Waals surface area contributed by atoms with Gasteiger partial charge in [-0.25, -0.2) is 4.98 Å². The van der Waals surface area contributed by atoms with Crippen molar-refractivity contribution < 1.29 is 27.3 Å². The standard InChI is InChI=1S/C20H20N4O6S/c25-18(26)9-10-21-13-3-6-15(7-4-13)31(28,29)30-14-5-8-16-17(11-14)23-20(22-16)24-19(27)12-1-2-12/h3-8,11-12,21H,1-2,9-10H2,(H,25,26)(H2,22,23,24,27). The van der Waals surface area contributed by atoms with Crippen LogP contribution < -0.4 is 14.8 Å². The highest BCUT2D eigenvalue weighted by Crippen LogP contribution is 2.30. The lowest BCUT2D eigenvalue weighted by Crippen LogP contribution is -2.14. The number of nitrogens with zero attached hydrogens (tertiary/aromatic N) is 1. The van der Waals surface area contributed by atoms with Gasteiger partial charge in [0.25, 0.3) is 0 Å². The van der Waals surface area contributed by atoms with E-state index in [2.05, 4.69) is 20.6 Å². The molecule has 1 amide bonds. The first-order valence-corrected chi connectivity index (χ1v) is 11.0. The second-order valence-electron chi connectivity index (χ2n) is 7.16. The third-order valence-corrected chi connectivity index (χ3v) is 5.92. The first-order valence-electron chi connectivity index (χ1n) is 9.61. The molecule has 4 rings (SSSR count). The van der Waals surface area contributed by atoms with Gasteiger partial charge in [-0.05, 0) is 49.2 Å². The van der Waals surface area contributed by atoms with Crippen molar-refractivity contribution >= 4 is 44.7 Å². The van der Waals surface area contributed by atoms with Crippen LogP contribution in [0.25, 0.3) is 11.0 Å². The molecule has 0 bridgehead atoms. The average Bonchev–Trinajstić information content (AvgIpc) is 3.49.